The molecule has 166 valence electrons. The predicted molar refractivity (Wildman–Crippen MR) is 128 cm³/mol. The largest absolute Gasteiger partial charge is 0.434 e. The first-order valence-corrected chi connectivity index (χ1v) is 11.0. The van der Waals surface area contributed by atoms with Gasteiger partial charge in [-0.05, 0) is 48.5 Å². The number of hydrogen-bond acceptors (Lipinski definition) is 6. The van der Waals surface area contributed by atoms with Crippen LogP contribution >= 0.6 is 0 Å². The third kappa shape index (κ3) is 3.36. The zero-order chi connectivity index (χ0) is 23.1. The fourth-order valence-electron chi connectivity index (χ4n) is 4.45. The molecule has 0 saturated heterocycles. The van der Waals surface area contributed by atoms with Gasteiger partial charge in [0.15, 0.2) is 0 Å². The molecule has 0 aromatic heterocycles. The Hall–Kier alpha value is -4.58. The molecule has 2 unspecified atom stereocenters. The molecule has 4 aromatic rings. The summed E-state index contributed by atoms with van der Waals surface area (Å²) in [6.45, 7) is 0. The topological polar surface area (TPSA) is 67.9 Å². The molecule has 0 radical (unpaired) electrons. The van der Waals surface area contributed by atoms with E-state index in [0.29, 0.717) is 11.1 Å². The second kappa shape index (κ2) is 8.08. The van der Waals surface area contributed by atoms with Crippen molar-refractivity contribution in [3.05, 3.63) is 125 Å². The minimum absolute atomic E-state index is 0.332. The van der Waals surface area contributed by atoms with Crippen LogP contribution in [0, 0.1) is 0 Å². The molecule has 6 nitrogen and oxygen atoms in total. The highest BCUT2D eigenvalue weighted by atomic mass is 16.6. The van der Waals surface area contributed by atoms with Gasteiger partial charge in [-0.2, -0.15) is 0 Å². The van der Waals surface area contributed by atoms with E-state index in [1.807, 2.05) is 95.9 Å². The molecule has 0 saturated carbocycles. The molecule has 0 fully saturated rings. The maximum atomic E-state index is 12.5. The average Bonchev–Trinajstić information content (AvgIpc) is 3.38. The van der Waals surface area contributed by atoms with E-state index in [-0.39, 0.29) is 11.9 Å². The number of rotatable bonds is 5. The quantitative estimate of drug-likeness (QED) is 0.379. The van der Waals surface area contributed by atoms with Crippen molar-refractivity contribution in [2.45, 2.75) is 12.5 Å². The number of hydrogen-bond donors (Lipinski definition) is 1. The molecule has 2 aliphatic heterocycles. The van der Waals surface area contributed by atoms with Crippen LogP contribution in [0.5, 0.6) is 0 Å². The minimum Gasteiger partial charge on any atom is -0.434 e. The van der Waals surface area contributed by atoms with Crippen molar-refractivity contribution < 1.29 is 19.1 Å². The van der Waals surface area contributed by atoms with Crippen molar-refractivity contribution in [3.8, 4) is 0 Å². The first kappa shape index (κ1) is 20.1. The lowest BCUT2D eigenvalue weighted by Crippen LogP contribution is -2.24. The lowest BCUT2D eigenvalue weighted by Gasteiger charge is -2.30. The summed E-state index contributed by atoms with van der Waals surface area (Å²) in [4.78, 5) is 26.6. The van der Waals surface area contributed by atoms with E-state index in [1.165, 1.54) is 0 Å². The molecule has 0 amide bonds. The second-order valence-electron chi connectivity index (χ2n) is 8.11. The first-order valence-electron chi connectivity index (χ1n) is 11.0. The lowest BCUT2D eigenvalue weighted by atomic mass is 10.1. The van der Waals surface area contributed by atoms with Gasteiger partial charge in [0.05, 0.1) is 11.1 Å². The minimum atomic E-state index is -0.576. The smallest absolute Gasteiger partial charge is 0.340 e. The van der Waals surface area contributed by atoms with Crippen LogP contribution in [0.4, 0.5) is 17.1 Å². The molecule has 1 N–H and O–H groups in total. The highest BCUT2D eigenvalue weighted by Gasteiger charge is 2.36. The SMILES string of the molecule is O=C1OC(Nc2ccc(N(c3ccccc3)C3OC(=O)c4ccccc43)cc2)c2ccccc21. The van der Waals surface area contributed by atoms with Gasteiger partial charge in [0.2, 0.25) is 12.5 Å². The van der Waals surface area contributed by atoms with Crippen LogP contribution in [0.1, 0.15) is 44.3 Å². The number of nitrogens with zero attached hydrogens (tertiary/aromatic N) is 1. The Balaban J connectivity index is 1.32. The van der Waals surface area contributed by atoms with Crippen molar-refractivity contribution >= 4 is 29.0 Å². The summed E-state index contributed by atoms with van der Waals surface area (Å²) in [7, 11) is 0. The number of fused-ring (bicyclic) bond motifs is 2. The molecule has 2 aliphatic rings. The lowest BCUT2D eigenvalue weighted by molar-refractivity contribution is 0.0396. The summed E-state index contributed by atoms with van der Waals surface area (Å²) >= 11 is 0. The Labute approximate surface area is 196 Å². The molecular formula is C28H20N2O4. The molecule has 0 spiro atoms. The van der Waals surface area contributed by atoms with Crippen LogP contribution in [0.3, 0.4) is 0 Å². The van der Waals surface area contributed by atoms with Gasteiger partial charge in [0.1, 0.15) is 0 Å². The maximum Gasteiger partial charge on any atom is 0.340 e. The summed E-state index contributed by atoms with van der Waals surface area (Å²) in [6.07, 6.45) is -1.12. The van der Waals surface area contributed by atoms with Gasteiger partial charge < -0.3 is 19.7 Å². The van der Waals surface area contributed by atoms with E-state index < -0.39 is 12.5 Å². The zero-order valence-corrected chi connectivity index (χ0v) is 18.0. The predicted octanol–water partition coefficient (Wildman–Crippen LogP) is 5.98. The average molecular weight is 448 g/mol. The van der Waals surface area contributed by atoms with Gasteiger partial charge >= 0.3 is 11.9 Å². The van der Waals surface area contributed by atoms with Crippen molar-refractivity contribution in [3.63, 3.8) is 0 Å². The van der Waals surface area contributed by atoms with Crippen molar-refractivity contribution in [2.75, 3.05) is 10.2 Å². The molecule has 6 heteroatoms. The molecule has 34 heavy (non-hydrogen) atoms. The fourth-order valence-corrected chi connectivity index (χ4v) is 4.45. The van der Waals surface area contributed by atoms with Crippen LogP contribution in [0.25, 0.3) is 0 Å². The van der Waals surface area contributed by atoms with Crippen LogP contribution in [0.15, 0.2) is 103 Å². The first-order chi connectivity index (χ1) is 16.7. The monoisotopic (exact) mass is 448 g/mol. The van der Waals surface area contributed by atoms with Crippen LogP contribution in [0.2, 0.25) is 0 Å². The van der Waals surface area contributed by atoms with Gasteiger partial charge in [-0.1, -0.05) is 54.6 Å². The normalized spacial score (nSPS) is 18.0. The summed E-state index contributed by atoms with van der Waals surface area (Å²) in [5, 5.41) is 3.28. The van der Waals surface area contributed by atoms with Crippen molar-refractivity contribution in [1.82, 2.24) is 0 Å². The van der Waals surface area contributed by atoms with E-state index in [4.69, 9.17) is 9.47 Å². The van der Waals surface area contributed by atoms with Gasteiger partial charge in [-0.3, -0.25) is 0 Å². The number of esters is 2. The number of carbonyl (C=O) groups is 2. The van der Waals surface area contributed by atoms with E-state index in [2.05, 4.69) is 5.32 Å². The summed E-state index contributed by atoms with van der Waals surface area (Å²) in [5.41, 5.74) is 5.36. The molecular weight excluding hydrogens is 428 g/mol. The van der Waals surface area contributed by atoms with Gasteiger partial charge in [-0.25, -0.2) is 9.59 Å². The number of benzene rings is 4. The third-order valence-corrected chi connectivity index (χ3v) is 6.07. The summed E-state index contributed by atoms with van der Waals surface area (Å²) in [5.74, 6) is -0.664. The van der Waals surface area contributed by atoms with Crippen molar-refractivity contribution in [2.24, 2.45) is 0 Å². The molecule has 6 rings (SSSR count). The maximum absolute atomic E-state index is 12.5. The Morgan fingerprint density at radius 2 is 1.15 bits per heavy atom. The molecule has 4 aromatic carbocycles. The highest BCUT2D eigenvalue weighted by molar-refractivity contribution is 5.95. The molecule has 0 aliphatic carbocycles. The Morgan fingerprint density at radius 1 is 0.588 bits per heavy atom. The number of ether oxygens (including phenoxy) is 2. The number of para-hydroxylation sites is 1. The number of nitrogens with one attached hydrogen (secondary N) is 1. The Bertz CT molecular complexity index is 1390. The van der Waals surface area contributed by atoms with E-state index >= 15 is 0 Å². The highest BCUT2D eigenvalue weighted by Crippen LogP contribution is 2.41. The van der Waals surface area contributed by atoms with E-state index in [9.17, 15) is 9.59 Å². The summed E-state index contributed by atoms with van der Waals surface area (Å²) < 4.78 is 11.3. The van der Waals surface area contributed by atoms with Crippen molar-refractivity contribution in [1.29, 1.82) is 0 Å². The molecule has 2 heterocycles. The van der Waals surface area contributed by atoms with Gasteiger partial charge in [0.25, 0.3) is 0 Å². The number of carbonyl (C=O) groups excluding carboxylic acids is 2. The number of cyclic esters (lactones) is 2. The number of anilines is 3. The zero-order valence-electron chi connectivity index (χ0n) is 18.0. The second-order valence-corrected chi connectivity index (χ2v) is 8.11. The third-order valence-electron chi connectivity index (χ3n) is 6.07. The Kier molecular flexibility index (Phi) is 4.77. The molecule has 2 atom stereocenters. The van der Waals surface area contributed by atoms with Crippen LogP contribution < -0.4 is 10.2 Å². The van der Waals surface area contributed by atoms with Gasteiger partial charge in [-0.15, -0.1) is 0 Å². The van der Waals surface area contributed by atoms with E-state index in [0.717, 1.165) is 28.2 Å². The molecule has 0 bridgehead atoms. The standard InChI is InChI=1S/C28H20N2O4/c31-27-23-12-6-4-10-21(23)25(33-27)29-18-14-16-20(17-15-18)30(19-8-2-1-3-9-19)26-22-11-5-7-13-24(22)28(32)34-26/h1-17,25-26,29H. The summed E-state index contributed by atoms with van der Waals surface area (Å²) in [6, 6.07) is 32.4. The Morgan fingerprint density at radius 3 is 1.88 bits per heavy atom. The van der Waals surface area contributed by atoms with Crippen LogP contribution in [-0.4, -0.2) is 11.9 Å². The van der Waals surface area contributed by atoms with Crippen LogP contribution in [-0.2, 0) is 9.47 Å². The van der Waals surface area contributed by atoms with Gasteiger partial charge in [0, 0.05) is 28.2 Å². The van der Waals surface area contributed by atoms with E-state index in [1.54, 1.807) is 12.1 Å². The fraction of sp³-hybridized carbons (Fsp3) is 0.0714.